The lowest BCUT2D eigenvalue weighted by atomic mass is 9.91. The Labute approximate surface area is 171 Å². The fourth-order valence-corrected chi connectivity index (χ4v) is 2.84. The molecular weight excluding hydrogens is 348 g/mol. The number of anilines is 3. The second kappa shape index (κ2) is 17.0. The van der Waals surface area contributed by atoms with Gasteiger partial charge in [-0.2, -0.15) is 0 Å². The van der Waals surface area contributed by atoms with Crippen molar-refractivity contribution in [2.24, 2.45) is 17.5 Å². The normalized spacial score (nSPS) is 12.9. The molecule has 7 N–H and O–H groups in total. The number of nitrogens with two attached hydrogens (primary N) is 3. The predicted octanol–water partition coefficient (Wildman–Crippen LogP) is 5.59. The summed E-state index contributed by atoms with van der Waals surface area (Å²) in [6.07, 6.45) is 7.44. The summed E-state index contributed by atoms with van der Waals surface area (Å²) in [7, 11) is 1.40. The summed E-state index contributed by atoms with van der Waals surface area (Å²) < 4.78 is 0. The van der Waals surface area contributed by atoms with Crippen LogP contribution in [0.4, 0.5) is 17.1 Å². The van der Waals surface area contributed by atoms with Gasteiger partial charge in [0.15, 0.2) is 0 Å². The lowest BCUT2D eigenvalue weighted by Crippen LogP contribution is -2.00. The summed E-state index contributed by atoms with van der Waals surface area (Å²) in [4.78, 5) is 3.75. The summed E-state index contributed by atoms with van der Waals surface area (Å²) in [5.74, 6) is 5.38. The summed E-state index contributed by atoms with van der Waals surface area (Å²) in [6.45, 7) is 6.87. The molecule has 1 aliphatic rings. The molecule has 1 aliphatic carbocycles. The van der Waals surface area contributed by atoms with Gasteiger partial charge in [0.1, 0.15) is 0 Å². The Morgan fingerprint density at radius 1 is 1.00 bits per heavy atom. The van der Waals surface area contributed by atoms with Gasteiger partial charge >= 0.3 is 0 Å². The Bertz CT molecular complexity index is 599. The fraction of sp³-hybridized carbons (Fsp3) is 0.478. The quantitative estimate of drug-likeness (QED) is 0.406. The maximum atomic E-state index is 5.93. The van der Waals surface area contributed by atoms with Gasteiger partial charge in [-0.3, -0.25) is 0 Å². The molecule has 0 bridgehead atoms. The van der Waals surface area contributed by atoms with Gasteiger partial charge < -0.3 is 21.6 Å². The molecule has 0 amide bonds. The maximum absolute atomic E-state index is 5.93. The first-order valence-corrected chi connectivity index (χ1v) is 10.2. The van der Waals surface area contributed by atoms with Crippen LogP contribution in [0.1, 0.15) is 58.4 Å². The highest BCUT2D eigenvalue weighted by Crippen LogP contribution is 2.24. The lowest BCUT2D eigenvalue weighted by Gasteiger charge is -2.15. The van der Waals surface area contributed by atoms with Crippen molar-refractivity contribution in [3.05, 3.63) is 54.1 Å². The van der Waals surface area contributed by atoms with Crippen LogP contribution in [-0.4, -0.2) is 7.11 Å². The Morgan fingerprint density at radius 3 is 2.00 bits per heavy atom. The summed E-state index contributed by atoms with van der Waals surface area (Å²) in [6, 6.07) is 15.7. The first-order chi connectivity index (χ1) is 13.6. The van der Waals surface area contributed by atoms with Crippen LogP contribution in [0.3, 0.4) is 0 Å². The minimum absolute atomic E-state index is 0.510. The highest BCUT2D eigenvalue weighted by Gasteiger charge is 2.06. The van der Waals surface area contributed by atoms with Crippen molar-refractivity contribution in [3.63, 3.8) is 0 Å². The minimum Gasteiger partial charge on any atom is -0.397 e. The van der Waals surface area contributed by atoms with E-state index in [1.54, 1.807) is 0 Å². The summed E-state index contributed by atoms with van der Waals surface area (Å²) in [5, 5.41) is 3.26. The molecule has 0 radical (unpaired) electrons. The highest BCUT2D eigenvalue weighted by molar-refractivity contribution is 5.73. The minimum atomic E-state index is 0.510. The Morgan fingerprint density at radius 2 is 1.57 bits per heavy atom. The third kappa shape index (κ3) is 11.6. The number of rotatable bonds is 3. The summed E-state index contributed by atoms with van der Waals surface area (Å²) >= 11 is 0. The molecule has 0 aromatic heterocycles. The largest absolute Gasteiger partial charge is 0.397 e. The van der Waals surface area contributed by atoms with Crippen molar-refractivity contribution in [2.45, 2.75) is 59.4 Å². The van der Waals surface area contributed by atoms with Crippen molar-refractivity contribution >= 4 is 17.1 Å². The van der Waals surface area contributed by atoms with E-state index in [1.165, 1.54) is 39.2 Å². The van der Waals surface area contributed by atoms with Crippen LogP contribution >= 0.6 is 0 Å². The molecule has 158 valence electrons. The van der Waals surface area contributed by atoms with Gasteiger partial charge in [-0.1, -0.05) is 77.1 Å². The third-order valence-electron chi connectivity index (χ3n) is 4.30. The van der Waals surface area contributed by atoms with E-state index < -0.39 is 0 Å². The SMILES string of the molecule is CC.CC1CCCCC1.CON.NCc1ccc(Nc2ccccc2)c(N)c1. The van der Waals surface area contributed by atoms with E-state index in [1.807, 2.05) is 62.4 Å². The zero-order valence-electron chi connectivity index (χ0n) is 18.1. The second-order valence-corrected chi connectivity index (χ2v) is 6.60. The second-order valence-electron chi connectivity index (χ2n) is 6.60. The van der Waals surface area contributed by atoms with E-state index in [4.69, 9.17) is 11.5 Å². The van der Waals surface area contributed by atoms with Crippen LogP contribution in [0, 0.1) is 5.92 Å². The Hall–Kier alpha value is -2.08. The van der Waals surface area contributed by atoms with Crippen molar-refractivity contribution in [3.8, 4) is 0 Å². The monoisotopic (exact) mass is 388 g/mol. The van der Waals surface area contributed by atoms with Crippen LogP contribution < -0.4 is 22.7 Å². The number of hydrogen-bond donors (Lipinski definition) is 4. The van der Waals surface area contributed by atoms with Gasteiger partial charge in [-0.25, -0.2) is 5.90 Å². The number of hydrogen-bond acceptors (Lipinski definition) is 5. The highest BCUT2D eigenvalue weighted by atomic mass is 16.6. The standard InChI is InChI=1S/C13H15N3.C7H14.C2H6.CH5NO/c14-9-10-6-7-13(12(15)8-10)16-11-4-2-1-3-5-11;1-7-5-3-2-4-6-7;1-2;1-3-2/h1-8,16H,9,14-15H2;7H,2-6H2,1H3;1-2H3;2H2,1H3. The predicted molar refractivity (Wildman–Crippen MR) is 123 cm³/mol. The van der Waals surface area contributed by atoms with Crippen LogP contribution in [-0.2, 0) is 11.4 Å². The molecule has 1 saturated carbocycles. The molecule has 0 heterocycles. The molecule has 1 fully saturated rings. The number of para-hydroxylation sites is 1. The number of benzene rings is 2. The first-order valence-electron chi connectivity index (χ1n) is 10.2. The summed E-state index contributed by atoms with van der Waals surface area (Å²) in [5.41, 5.74) is 15.2. The smallest absolute Gasteiger partial charge is 0.0618 e. The van der Waals surface area contributed by atoms with E-state index in [0.717, 1.165) is 22.9 Å². The van der Waals surface area contributed by atoms with E-state index >= 15 is 0 Å². The van der Waals surface area contributed by atoms with Crippen LogP contribution in [0.2, 0.25) is 0 Å². The maximum Gasteiger partial charge on any atom is 0.0618 e. The molecule has 28 heavy (non-hydrogen) atoms. The zero-order valence-corrected chi connectivity index (χ0v) is 18.1. The topological polar surface area (TPSA) is 99.3 Å². The van der Waals surface area contributed by atoms with Gasteiger partial charge in [-0.15, -0.1) is 0 Å². The van der Waals surface area contributed by atoms with Gasteiger partial charge in [-0.05, 0) is 35.7 Å². The van der Waals surface area contributed by atoms with Crippen LogP contribution in [0.15, 0.2) is 48.5 Å². The van der Waals surface area contributed by atoms with Crippen LogP contribution in [0.25, 0.3) is 0 Å². The number of nitrogen functional groups attached to an aromatic ring is 1. The first kappa shape index (κ1) is 25.9. The van der Waals surface area contributed by atoms with Crippen molar-refractivity contribution in [1.29, 1.82) is 0 Å². The van der Waals surface area contributed by atoms with E-state index in [2.05, 4.69) is 23.0 Å². The molecule has 0 aliphatic heterocycles. The molecule has 3 rings (SSSR count). The molecule has 0 saturated heterocycles. The third-order valence-corrected chi connectivity index (χ3v) is 4.30. The molecule has 2 aromatic rings. The van der Waals surface area contributed by atoms with Gasteiger partial charge in [0.2, 0.25) is 0 Å². The molecule has 5 nitrogen and oxygen atoms in total. The fourth-order valence-electron chi connectivity index (χ4n) is 2.84. The van der Waals surface area contributed by atoms with Crippen LogP contribution in [0.5, 0.6) is 0 Å². The number of nitrogens with one attached hydrogen (secondary N) is 1. The van der Waals surface area contributed by atoms with Crippen molar-refractivity contribution < 1.29 is 4.84 Å². The average molecular weight is 389 g/mol. The van der Waals surface area contributed by atoms with Crippen molar-refractivity contribution in [2.75, 3.05) is 18.2 Å². The lowest BCUT2D eigenvalue weighted by molar-refractivity contribution is 0.206. The van der Waals surface area contributed by atoms with E-state index in [9.17, 15) is 0 Å². The average Bonchev–Trinajstić information content (AvgIpc) is 2.73. The van der Waals surface area contributed by atoms with E-state index in [0.29, 0.717) is 12.2 Å². The molecular formula is C23H40N4O. The van der Waals surface area contributed by atoms with Crippen molar-refractivity contribution in [1.82, 2.24) is 0 Å². The Balaban J connectivity index is 0.000000504. The van der Waals surface area contributed by atoms with Gasteiger partial charge in [0.25, 0.3) is 0 Å². The molecule has 0 atom stereocenters. The molecule has 5 heteroatoms. The van der Waals surface area contributed by atoms with E-state index in [-0.39, 0.29) is 0 Å². The molecule has 0 spiro atoms. The van der Waals surface area contributed by atoms with Gasteiger partial charge in [0.05, 0.1) is 18.5 Å². The molecule has 2 aromatic carbocycles. The molecule has 0 unspecified atom stereocenters. The van der Waals surface area contributed by atoms with Gasteiger partial charge in [0, 0.05) is 12.2 Å². The Kier molecular flexibility index (Phi) is 15.8. The zero-order chi connectivity index (χ0) is 21.2.